The summed E-state index contributed by atoms with van der Waals surface area (Å²) in [6.45, 7) is 4.04. The highest BCUT2D eigenvalue weighted by molar-refractivity contribution is 9.10. The number of nitro groups is 1. The quantitative estimate of drug-likeness (QED) is 0.634. The molecule has 0 aromatic heterocycles. The van der Waals surface area contributed by atoms with Crippen LogP contribution >= 0.6 is 15.9 Å². The van der Waals surface area contributed by atoms with Crippen LogP contribution in [0.2, 0.25) is 0 Å². The van der Waals surface area contributed by atoms with Gasteiger partial charge in [-0.25, -0.2) is 0 Å². The second-order valence-corrected chi connectivity index (χ2v) is 7.45. The van der Waals surface area contributed by atoms with Crippen molar-refractivity contribution in [2.75, 3.05) is 26.2 Å². The Hall–Kier alpha value is -0.980. The summed E-state index contributed by atoms with van der Waals surface area (Å²) in [6.07, 6.45) is 6.36. The van der Waals surface area contributed by atoms with Gasteiger partial charge in [0.05, 0.1) is 9.40 Å². The molecule has 2 fully saturated rings. The number of nitrogens with one attached hydrogen (secondary N) is 1. The fraction of sp³-hybridized carbons (Fsp3) is 0.647. The van der Waals surface area contributed by atoms with Gasteiger partial charge in [0.1, 0.15) is 0 Å². The maximum Gasteiger partial charge on any atom is 0.283 e. The Morgan fingerprint density at radius 1 is 1.22 bits per heavy atom. The van der Waals surface area contributed by atoms with Gasteiger partial charge in [0.25, 0.3) is 5.69 Å². The van der Waals surface area contributed by atoms with Crippen molar-refractivity contribution in [3.63, 3.8) is 0 Å². The van der Waals surface area contributed by atoms with Crippen molar-refractivity contribution in [2.24, 2.45) is 5.92 Å². The Kier molecular flexibility index (Phi) is 5.67. The van der Waals surface area contributed by atoms with Gasteiger partial charge in [-0.1, -0.05) is 25.3 Å². The molecule has 0 unspecified atom stereocenters. The second kappa shape index (κ2) is 7.73. The Labute approximate surface area is 145 Å². The molecule has 23 heavy (non-hydrogen) atoms. The Balaban J connectivity index is 1.93. The summed E-state index contributed by atoms with van der Waals surface area (Å²) in [6, 6.07) is 6.00. The molecule has 5 nitrogen and oxygen atoms in total. The number of piperazine rings is 1. The van der Waals surface area contributed by atoms with Crippen molar-refractivity contribution in [1.29, 1.82) is 0 Å². The van der Waals surface area contributed by atoms with Crippen LogP contribution in [0.1, 0.15) is 43.7 Å². The van der Waals surface area contributed by atoms with Crippen LogP contribution in [0.3, 0.4) is 0 Å². The molecule has 1 aliphatic carbocycles. The summed E-state index contributed by atoms with van der Waals surface area (Å²) in [5.41, 5.74) is 1.28. The molecule has 2 aliphatic rings. The SMILES string of the molecule is O=[N+]([O-])c1cc([C@H](C2CCCCC2)N2CCNCC2)ccc1Br. The fourth-order valence-corrected chi connectivity index (χ4v) is 4.44. The van der Waals surface area contributed by atoms with Gasteiger partial charge in [0.15, 0.2) is 0 Å². The van der Waals surface area contributed by atoms with E-state index in [1.807, 2.05) is 6.07 Å². The zero-order valence-electron chi connectivity index (χ0n) is 13.3. The van der Waals surface area contributed by atoms with Crippen LogP contribution in [0.4, 0.5) is 5.69 Å². The number of nitrogens with zero attached hydrogens (tertiary/aromatic N) is 2. The molecule has 1 saturated heterocycles. The fourth-order valence-electron chi connectivity index (χ4n) is 4.04. The van der Waals surface area contributed by atoms with E-state index in [2.05, 4.69) is 32.2 Å². The number of nitro benzene ring substituents is 1. The van der Waals surface area contributed by atoms with E-state index in [1.54, 1.807) is 6.07 Å². The van der Waals surface area contributed by atoms with Crippen molar-refractivity contribution in [1.82, 2.24) is 10.2 Å². The van der Waals surface area contributed by atoms with Crippen LogP contribution < -0.4 is 5.32 Å². The van der Waals surface area contributed by atoms with Gasteiger partial charge in [-0.15, -0.1) is 0 Å². The minimum atomic E-state index is -0.288. The topological polar surface area (TPSA) is 58.4 Å². The summed E-state index contributed by atoms with van der Waals surface area (Å²) in [7, 11) is 0. The second-order valence-electron chi connectivity index (χ2n) is 6.60. The molecule has 1 aromatic rings. The molecule has 1 saturated carbocycles. The summed E-state index contributed by atoms with van der Waals surface area (Å²) in [4.78, 5) is 13.5. The normalized spacial score (nSPS) is 22.0. The Morgan fingerprint density at radius 2 is 1.91 bits per heavy atom. The lowest BCUT2D eigenvalue weighted by Gasteiger charge is -2.41. The van der Waals surface area contributed by atoms with Gasteiger partial charge in [-0.05, 0) is 46.3 Å². The monoisotopic (exact) mass is 381 g/mol. The van der Waals surface area contributed by atoms with Crippen LogP contribution in [-0.4, -0.2) is 36.0 Å². The number of hydrogen-bond acceptors (Lipinski definition) is 4. The average molecular weight is 382 g/mol. The van der Waals surface area contributed by atoms with Gasteiger partial charge >= 0.3 is 0 Å². The molecule has 1 aromatic carbocycles. The van der Waals surface area contributed by atoms with Crippen LogP contribution in [0.25, 0.3) is 0 Å². The third-order valence-corrected chi connectivity index (χ3v) is 5.82. The third kappa shape index (κ3) is 3.92. The van der Waals surface area contributed by atoms with Gasteiger partial charge < -0.3 is 5.32 Å². The molecule has 0 bridgehead atoms. The highest BCUT2D eigenvalue weighted by Crippen LogP contribution is 2.40. The van der Waals surface area contributed by atoms with E-state index < -0.39 is 0 Å². The number of benzene rings is 1. The molecule has 6 heteroatoms. The maximum atomic E-state index is 11.3. The third-order valence-electron chi connectivity index (χ3n) is 5.15. The first kappa shape index (κ1) is 16.9. The molecule has 0 spiro atoms. The van der Waals surface area contributed by atoms with Gasteiger partial charge in [-0.3, -0.25) is 15.0 Å². The highest BCUT2D eigenvalue weighted by Gasteiger charge is 2.32. The molecular weight excluding hydrogens is 358 g/mol. The molecule has 1 N–H and O–H groups in total. The minimum Gasteiger partial charge on any atom is -0.314 e. The van der Waals surface area contributed by atoms with E-state index in [0.29, 0.717) is 16.4 Å². The maximum absolute atomic E-state index is 11.3. The summed E-state index contributed by atoms with van der Waals surface area (Å²) in [5, 5.41) is 14.7. The van der Waals surface area contributed by atoms with Crippen molar-refractivity contribution in [3.8, 4) is 0 Å². The van der Waals surface area contributed by atoms with Crippen molar-refractivity contribution < 1.29 is 4.92 Å². The van der Waals surface area contributed by atoms with E-state index in [4.69, 9.17) is 0 Å². The molecular formula is C17H24BrN3O2. The van der Waals surface area contributed by atoms with Crippen molar-refractivity contribution in [3.05, 3.63) is 38.3 Å². The first-order valence-electron chi connectivity index (χ1n) is 8.55. The molecule has 3 rings (SSSR count). The molecule has 1 heterocycles. The van der Waals surface area contributed by atoms with Crippen molar-refractivity contribution in [2.45, 2.75) is 38.1 Å². The lowest BCUT2D eigenvalue weighted by molar-refractivity contribution is -0.385. The molecule has 1 atom stereocenters. The summed E-state index contributed by atoms with van der Waals surface area (Å²) >= 11 is 3.31. The molecule has 1 aliphatic heterocycles. The number of hydrogen-bond donors (Lipinski definition) is 1. The lowest BCUT2D eigenvalue weighted by Crippen LogP contribution is -2.47. The van der Waals surface area contributed by atoms with Crippen LogP contribution in [-0.2, 0) is 0 Å². The molecule has 0 radical (unpaired) electrons. The standard InChI is InChI=1S/C17H24BrN3O2/c18-15-7-6-14(12-16(15)21(22)23)17(13-4-2-1-3-5-13)20-10-8-19-9-11-20/h6-7,12-13,17,19H,1-5,8-11H2/t17-/m0/s1. The predicted octanol–water partition coefficient (Wildman–Crippen LogP) is 3.88. The van der Waals surface area contributed by atoms with E-state index in [-0.39, 0.29) is 10.6 Å². The first-order chi connectivity index (χ1) is 11.2. The summed E-state index contributed by atoms with van der Waals surface area (Å²) in [5.74, 6) is 0.614. The van der Waals surface area contributed by atoms with Gasteiger partial charge in [-0.2, -0.15) is 0 Å². The minimum absolute atomic E-state index is 0.179. The Morgan fingerprint density at radius 3 is 2.57 bits per heavy atom. The van der Waals surface area contributed by atoms with E-state index in [0.717, 1.165) is 31.7 Å². The first-order valence-corrected chi connectivity index (χ1v) is 9.35. The largest absolute Gasteiger partial charge is 0.314 e. The van der Waals surface area contributed by atoms with E-state index >= 15 is 0 Å². The van der Waals surface area contributed by atoms with Gasteiger partial charge in [0.2, 0.25) is 0 Å². The van der Waals surface area contributed by atoms with E-state index in [9.17, 15) is 10.1 Å². The van der Waals surface area contributed by atoms with E-state index in [1.165, 1.54) is 32.1 Å². The van der Waals surface area contributed by atoms with Crippen LogP contribution in [0, 0.1) is 16.0 Å². The van der Waals surface area contributed by atoms with Crippen molar-refractivity contribution >= 4 is 21.6 Å². The number of rotatable bonds is 4. The zero-order valence-corrected chi connectivity index (χ0v) is 14.9. The Bertz CT molecular complexity index is 537. The lowest BCUT2D eigenvalue weighted by atomic mass is 9.80. The predicted molar refractivity (Wildman–Crippen MR) is 94.6 cm³/mol. The highest BCUT2D eigenvalue weighted by atomic mass is 79.9. The van der Waals surface area contributed by atoms with Crippen LogP contribution in [0.15, 0.2) is 22.7 Å². The zero-order chi connectivity index (χ0) is 16.2. The van der Waals surface area contributed by atoms with Gasteiger partial charge in [0, 0.05) is 38.3 Å². The average Bonchev–Trinajstić information content (AvgIpc) is 2.58. The smallest absolute Gasteiger partial charge is 0.283 e. The van der Waals surface area contributed by atoms with Crippen LogP contribution in [0.5, 0.6) is 0 Å². The number of halogens is 1. The molecule has 0 amide bonds. The summed E-state index contributed by atoms with van der Waals surface area (Å²) < 4.78 is 0.564. The molecule has 126 valence electrons.